The molecule has 2 aliphatic rings. The van der Waals surface area contributed by atoms with E-state index in [1.807, 2.05) is 4.90 Å². The van der Waals surface area contributed by atoms with E-state index in [-0.39, 0.29) is 16.6 Å². The van der Waals surface area contributed by atoms with E-state index < -0.39 is 10.0 Å². The molecule has 8 heteroatoms. The number of hydrogen-bond acceptors (Lipinski definition) is 4. The molecule has 2 heterocycles. The summed E-state index contributed by atoms with van der Waals surface area (Å²) in [6.07, 6.45) is 3.63. The number of piperidine rings is 1. The quantitative estimate of drug-likeness (QED) is 0.665. The molecule has 4 rings (SSSR count). The Balaban J connectivity index is 1.45. The molecule has 0 N–H and O–H groups in total. The van der Waals surface area contributed by atoms with Crippen molar-refractivity contribution in [3.8, 4) is 0 Å². The minimum atomic E-state index is -3.61. The van der Waals surface area contributed by atoms with Crippen LogP contribution >= 0.6 is 0 Å². The fraction of sp³-hybridized carbons (Fsp3) is 0.480. The molecular formula is C25H32FN3O3S. The van der Waals surface area contributed by atoms with Gasteiger partial charge in [-0.05, 0) is 61.6 Å². The number of nitrogens with zero attached hydrogens (tertiary/aromatic N) is 3. The summed E-state index contributed by atoms with van der Waals surface area (Å²) in [5.74, 6) is -0.375. The SMILES string of the molecule is Cc1ccc(C(=O)N2CCCN(Cc3ccc(F)cc3)CC2)cc1S(=O)(=O)N1CCCCC1. The lowest BCUT2D eigenvalue weighted by Crippen LogP contribution is -2.37. The van der Waals surface area contributed by atoms with Gasteiger partial charge in [-0.3, -0.25) is 9.69 Å². The van der Waals surface area contributed by atoms with E-state index in [4.69, 9.17) is 0 Å². The Hall–Kier alpha value is -2.29. The summed E-state index contributed by atoms with van der Waals surface area (Å²) in [5, 5.41) is 0. The smallest absolute Gasteiger partial charge is 0.253 e. The maximum absolute atomic E-state index is 13.3. The predicted molar refractivity (Wildman–Crippen MR) is 126 cm³/mol. The number of aryl methyl sites for hydroxylation is 1. The van der Waals surface area contributed by atoms with E-state index in [0.29, 0.717) is 50.4 Å². The monoisotopic (exact) mass is 473 g/mol. The van der Waals surface area contributed by atoms with Crippen LogP contribution < -0.4 is 0 Å². The van der Waals surface area contributed by atoms with E-state index in [1.165, 1.54) is 12.1 Å². The largest absolute Gasteiger partial charge is 0.337 e. The highest BCUT2D eigenvalue weighted by molar-refractivity contribution is 7.89. The van der Waals surface area contributed by atoms with Crippen molar-refractivity contribution in [2.45, 2.75) is 44.0 Å². The zero-order valence-corrected chi connectivity index (χ0v) is 20.0. The van der Waals surface area contributed by atoms with Crippen molar-refractivity contribution in [2.75, 3.05) is 39.3 Å². The molecule has 2 fully saturated rings. The molecule has 0 bridgehead atoms. The van der Waals surface area contributed by atoms with Gasteiger partial charge in [0, 0.05) is 51.4 Å². The van der Waals surface area contributed by atoms with Gasteiger partial charge in [-0.15, -0.1) is 0 Å². The molecule has 0 saturated carbocycles. The normalized spacial score (nSPS) is 18.8. The van der Waals surface area contributed by atoms with Crippen molar-refractivity contribution in [1.29, 1.82) is 0 Å². The maximum atomic E-state index is 13.3. The molecule has 178 valence electrons. The number of rotatable bonds is 5. The Morgan fingerprint density at radius 2 is 1.61 bits per heavy atom. The molecule has 0 aromatic heterocycles. The number of carbonyl (C=O) groups is 1. The first-order valence-electron chi connectivity index (χ1n) is 11.7. The average molecular weight is 474 g/mol. The van der Waals surface area contributed by atoms with E-state index in [9.17, 15) is 17.6 Å². The lowest BCUT2D eigenvalue weighted by atomic mass is 10.1. The molecule has 1 amide bonds. The second-order valence-corrected chi connectivity index (χ2v) is 10.9. The van der Waals surface area contributed by atoms with Gasteiger partial charge in [0.15, 0.2) is 0 Å². The van der Waals surface area contributed by atoms with Crippen LogP contribution in [0.2, 0.25) is 0 Å². The molecule has 2 aromatic carbocycles. The second kappa shape index (κ2) is 10.3. The maximum Gasteiger partial charge on any atom is 0.253 e. The minimum Gasteiger partial charge on any atom is -0.337 e. The van der Waals surface area contributed by atoms with Crippen LogP contribution in [0, 0.1) is 12.7 Å². The first-order chi connectivity index (χ1) is 15.8. The van der Waals surface area contributed by atoms with Crippen molar-refractivity contribution in [1.82, 2.24) is 14.1 Å². The fourth-order valence-electron chi connectivity index (χ4n) is 4.62. The number of halogens is 1. The Morgan fingerprint density at radius 1 is 0.879 bits per heavy atom. The summed E-state index contributed by atoms with van der Waals surface area (Å²) in [5.41, 5.74) is 2.13. The standard InChI is InChI=1S/C25H32FN3O3S/c1-20-6-9-22(18-24(20)33(31,32)29-14-3-2-4-15-29)25(30)28-13-5-12-27(16-17-28)19-21-7-10-23(26)11-8-21/h6-11,18H,2-5,12-17,19H2,1H3. The topological polar surface area (TPSA) is 60.9 Å². The molecule has 2 saturated heterocycles. The number of amides is 1. The summed E-state index contributed by atoms with van der Waals surface area (Å²) < 4.78 is 41.2. The Morgan fingerprint density at radius 3 is 2.33 bits per heavy atom. The molecule has 6 nitrogen and oxygen atoms in total. The lowest BCUT2D eigenvalue weighted by Gasteiger charge is -2.27. The number of benzene rings is 2. The Kier molecular flexibility index (Phi) is 7.46. The van der Waals surface area contributed by atoms with Crippen LogP contribution in [0.15, 0.2) is 47.4 Å². The fourth-order valence-corrected chi connectivity index (χ4v) is 6.39. The van der Waals surface area contributed by atoms with Crippen LogP contribution in [0.5, 0.6) is 0 Å². The molecule has 0 spiro atoms. The average Bonchev–Trinajstić information content (AvgIpc) is 3.06. The van der Waals surface area contributed by atoms with Gasteiger partial charge >= 0.3 is 0 Å². The predicted octanol–water partition coefficient (Wildman–Crippen LogP) is 3.66. The van der Waals surface area contributed by atoms with E-state index in [1.54, 1.807) is 41.6 Å². The van der Waals surface area contributed by atoms with Crippen molar-refractivity contribution in [3.63, 3.8) is 0 Å². The van der Waals surface area contributed by atoms with Gasteiger partial charge in [0.05, 0.1) is 4.90 Å². The summed E-state index contributed by atoms with van der Waals surface area (Å²) in [6, 6.07) is 11.5. The number of sulfonamides is 1. The summed E-state index contributed by atoms with van der Waals surface area (Å²) in [6.45, 7) is 6.34. The van der Waals surface area contributed by atoms with E-state index in [0.717, 1.165) is 37.8 Å². The second-order valence-electron chi connectivity index (χ2n) is 8.99. The molecule has 2 aromatic rings. The highest BCUT2D eigenvalue weighted by atomic mass is 32.2. The third kappa shape index (κ3) is 5.62. The third-order valence-corrected chi connectivity index (χ3v) is 8.60. The first kappa shape index (κ1) is 23.9. The minimum absolute atomic E-state index is 0.131. The molecule has 0 unspecified atom stereocenters. The van der Waals surface area contributed by atoms with E-state index >= 15 is 0 Å². The molecule has 0 atom stereocenters. The van der Waals surface area contributed by atoms with Gasteiger partial charge in [-0.25, -0.2) is 12.8 Å². The van der Waals surface area contributed by atoms with Crippen LogP contribution in [0.3, 0.4) is 0 Å². The highest BCUT2D eigenvalue weighted by Crippen LogP contribution is 2.25. The number of carbonyl (C=O) groups excluding carboxylic acids is 1. The van der Waals surface area contributed by atoms with Gasteiger partial charge in [0.25, 0.3) is 5.91 Å². The van der Waals surface area contributed by atoms with Gasteiger partial charge in [-0.1, -0.05) is 24.6 Å². The third-order valence-electron chi connectivity index (χ3n) is 6.56. The Labute approximate surface area is 196 Å². The first-order valence-corrected chi connectivity index (χ1v) is 13.2. The van der Waals surface area contributed by atoms with E-state index in [2.05, 4.69) is 4.90 Å². The summed E-state index contributed by atoms with van der Waals surface area (Å²) in [7, 11) is -3.61. The van der Waals surface area contributed by atoms with Gasteiger partial charge in [0.2, 0.25) is 10.0 Å². The highest BCUT2D eigenvalue weighted by Gasteiger charge is 2.29. The van der Waals surface area contributed by atoms with Gasteiger partial charge in [0.1, 0.15) is 5.82 Å². The Bertz CT molecular complexity index is 1080. The zero-order chi connectivity index (χ0) is 23.4. The van der Waals surface area contributed by atoms with Crippen molar-refractivity contribution in [3.05, 3.63) is 65.0 Å². The molecule has 33 heavy (non-hydrogen) atoms. The molecule has 0 radical (unpaired) electrons. The molecular weight excluding hydrogens is 441 g/mol. The zero-order valence-electron chi connectivity index (χ0n) is 19.2. The summed E-state index contributed by atoms with van der Waals surface area (Å²) in [4.78, 5) is 17.6. The summed E-state index contributed by atoms with van der Waals surface area (Å²) >= 11 is 0. The van der Waals surface area contributed by atoms with Crippen LogP contribution in [0.1, 0.15) is 47.2 Å². The molecule has 0 aliphatic carbocycles. The van der Waals surface area contributed by atoms with Crippen LogP contribution in [0.4, 0.5) is 4.39 Å². The van der Waals surface area contributed by atoms with Crippen LogP contribution in [0.25, 0.3) is 0 Å². The van der Waals surface area contributed by atoms with Crippen molar-refractivity contribution < 1.29 is 17.6 Å². The molecule has 2 aliphatic heterocycles. The lowest BCUT2D eigenvalue weighted by molar-refractivity contribution is 0.0761. The van der Waals surface area contributed by atoms with Crippen LogP contribution in [-0.2, 0) is 16.6 Å². The van der Waals surface area contributed by atoms with Crippen molar-refractivity contribution in [2.24, 2.45) is 0 Å². The van der Waals surface area contributed by atoms with Crippen molar-refractivity contribution >= 4 is 15.9 Å². The van der Waals surface area contributed by atoms with Crippen LogP contribution in [-0.4, -0.2) is 67.7 Å². The number of hydrogen-bond donors (Lipinski definition) is 0. The van der Waals surface area contributed by atoms with Gasteiger partial charge < -0.3 is 4.90 Å². The van der Waals surface area contributed by atoms with Gasteiger partial charge in [-0.2, -0.15) is 4.31 Å².